The lowest BCUT2D eigenvalue weighted by Gasteiger charge is -2.47. The average Bonchev–Trinajstić information content (AvgIpc) is 2.81. The average molecular weight is 339 g/mol. The first-order valence-corrected chi connectivity index (χ1v) is 7.90. The quantitative estimate of drug-likeness (QED) is 0.872. The number of carbonyl (C=O) groups excluding carboxylic acids is 2. The molecule has 0 unspecified atom stereocenters. The Hall–Kier alpha value is -3.02. The standard InChI is InChI=1S/C19H14FNO4/c20-12-7-5-11(6-8-12)19(18(24)25)9-13(10-19)21-16(22)14-3-1-2-4-15(14)17(21)23/h1-8,13H,9-10H2,(H,24,25)/t13-,19-. The molecule has 1 aliphatic heterocycles. The number of hydrogen-bond donors (Lipinski definition) is 1. The summed E-state index contributed by atoms with van der Waals surface area (Å²) in [7, 11) is 0. The van der Waals surface area contributed by atoms with Crippen molar-refractivity contribution < 1.29 is 23.9 Å². The monoisotopic (exact) mass is 339 g/mol. The maximum Gasteiger partial charge on any atom is 0.314 e. The van der Waals surface area contributed by atoms with Crippen molar-refractivity contribution in [2.75, 3.05) is 0 Å². The molecular formula is C19H14FNO4. The van der Waals surface area contributed by atoms with Crippen molar-refractivity contribution in [3.8, 4) is 0 Å². The van der Waals surface area contributed by atoms with Gasteiger partial charge in [0.25, 0.3) is 11.8 Å². The second-order valence-corrected chi connectivity index (χ2v) is 6.48. The fourth-order valence-electron chi connectivity index (χ4n) is 3.77. The molecule has 2 aliphatic rings. The molecular weight excluding hydrogens is 325 g/mol. The highest BCUT2D eigenvalue weighted by molar-refractivity contribution is 6.21. The molecule has 2 amide bonds. The van der Waals surface area contributed by atoms with Crippen molar-refractivity contribution in [2.24, 2.45) is 0 Å². The number of amides is 2. The van der Waals surface area contributed by atoms with Crippen LogP contribution in [0.15, 0.2) is 48.5 Å². The van der Waals surface area contributed by atoms with Gasteiger partial charge >= 0.3 is 5.97 Å². The highest BCUT2D eigenvalue weighted by Gasteiger charge is 2.56. The van der Waals surface area contributed by atoms with Crippen LogP contribution < -0.4 is 0 Å². The highest BCUT2D eigenvalue weighted by Crippen LogP contribution is 2.48. The number of hydrogen-bond acceptors (Lipinski definition) is 3. The van der Waals surface area contributed by atoms with Gasteiger partial charge in [-0.2, -0.15) is 0 Å². The summed E-state index contributed by atoms with van der Waals surface area (Å²) in [5.74, 6) is -2.25. The molecule has 0 radical (unpaired) electrons. The van der Waals surface area contributed by atoms with Crippen molar-refractivity contribution in [2.45, 2.75) is 24.3 Å². The molecule has 0 bridgehead atoms. The molecule has 1 aliphatic carbocycles. The van der Waals surface area contributed by atoms with Gasteiger partial charge in [0.15, 0.2) is 0 Å². The first kappa shape index (κ1) is 15.5. The summed E-state index contributed by atoms with van der Waals surface area (Å²) < 4.78 is 13.1. The molecule has 1 N–H and O–H groups in total. The Morgan fingerprint density at radius 3 is 2.00 bits per heavy atom. The van der Waals surface area contributed by atoms with E-state index in [1.54, 1.807) is 24.3 Å². The van der Waals surface area contributed by atoms with E-state index in [-0.39, 0.29) is 24.7 Å². The summed E-state index contributed by atoms with van der Waals surface area (Å²) in [4.78, 5) is 38.0. The number of carbonyl (C=O) groups is 3. The molecule has 2 aromatic rings. The van der Waals surface area contributed by atoms with Crippen LogP contribution in [0.4, 0.5) is 4.39 Å². The number of aliphatic carboxylic acids is 1. The Kier molecular flexibility index (Phi) is 3.25. The third kappa shape index (κ3) is 2.10. The van der Waals surface area contributed by atoms with Crippen molar-refractivity contribution in [3.05, 3.63) is 71.0 Å². The third-order valence-corrected chi connectivity index (χ3v) is 5.16. The maximum atomic E-state index is 13.1. The van der Waals surface area contributed by atoms with E-state index in [1.165, 1.54) is 24.3 Å². The van der Waals surface area contributed by atoms with Gasteiger partial charge in [-0.15, -0.1) is 0 Å². The number of rotatable bonds is 3. The normalized spacial score (nSPS) is 24.8. The lowest BCUT2D eigenvalue weighted by atomic mass is 9.61. The van der Waals surface area contributed by atoms with Gasteiger partial charge in [-0.1, -0.05) is 24.3 Å². The number of carboxylic acid groups (broad SMARTS) is 1. The molecule has 0 aromatic heterocycles. The lowest BCUT2D eigenvalue weighted by Crippen LogP contribution is -2.58. The molecule has 0 spiro atoms. The van der Waals surface area contributed by atoms with Crippen LogP contribution in [-0.2, 0) is 10.2 Å². The smallest absolute Gasteiger partial charge is 0.314 e. The minimum atomic E-state index is -1.20. The second kappa shape index (κ2) is 5.24. The Morgan fingerprint density at radius 1 is 1.00 bits per heavy atom. The van der Waals surface area contributed by atoms with Crippen LogP contribution >= 0.6 is 0 Å². The summed E-state index contributed by atoms with van der Waals surface area (Å²) in [5.41, 5.74) is -0.0216. The Labute approximate surface area is 142 Å². The first-order chi connectivity index (χ1) is 11.9. The maximum absolute atomic E-state index is 13.1. The summed E-state index contributed by atoms with van der Waals surface area (Å²) >= 11 is 0. The molecule has 5 nitrogen and oxygen atoms in total. The van der Waals surface area contributed by atoms with Crippen molar-refractivity contribution >= 4 is 17.8 Å². The molecule has 2 aromatic carbocycles. The first-order valence-electron chi connectivity index (χ1n) is 7.90. The predicted octanol–water partition coefficient (Wildman–Crippen LogP) is 2.61. The molecule has 4 rings (SSSR count). The van der Waals surface area contributed by atoms with E-state index in [9.17, 15) is 23.9 Å². The van der Waals surface area contributed by atoms with Gasteiger partial charge in [0, 0.05) is 6.04 Å². The molecule has 0 atom stereocenters. The fraction of sp³-hybridized carbons (Fsp3) is 0.211. The highest BCUT2D eigenvalue weighted by atomic mass is 19.1. The molecule has 6 heteroatoms. The minimum absolute atomic E-state index is 0.124. The third-order valence-electron chi connectivity index (χ3n) is 5.16. The lowest BCUT2D eigenvalue weighted by molar-refractivity contribution is -0.149. The minimum Gasteiger partial charge on any atom is -0.481 e. The van der Waals surface area contributed by atoms with Crippen LogP contribution in [0, 0.1) is 5.82 Å². The fourth-order valence-corrected chi connectivity index (χ4v) is 3.77. The second-order valence-electron chi connectivity index (χ2n) is 6.48. The van der Waals surface area contributed by atoms with Gasteiger partial charge < -0.3 is 5.11 Å². The zero-order valence-electron chi connectivity index (χ0n) is 13.1. The van der Waals surface area contributed by atoms with E-state index in [0.29, 0.717) is 16.7 Å². The van der Waals surface area contributed by atoms with Gasteiger partial charge in [-0.3, -0.25) is 19.3 Å². The van der Waals surface area contributed by atoms with Gasteiger partial charge in [0.1, 0.15) is 5.82 Å². The van der Waals surface area contributed by atoms with Crippen LogP contribution in [-0.4, -0.2) is 33.8 Å². The van der Waals surface area contributed by atoms with E-state index < -0.39 is 23.2 Å². The van der Waals surface area contributed by atoms with E-state index >= 15 is 0 Å². The Bertz CT molecular complexity index is 865. The summed E-state index contributed by atoms with van der Waals surface area (Å²) in [6.07, 6.45) is 0.249. The largest absolute Gasteiger partial charge is 0.481 e. The van der Waals surface area contributed by atoms with E-state index in [2.05, 4.69) is 0 Å². The van der Waals surface area contributed by atoms with Crippen LogP contribution in [0.3, 0.4) is 0 Å². The van der Waals surface area contributed by atoms with E-state index in [0.717, 1.165) is 4.90 Å². The number of carboxylic acids is 1. The molecule has 1 fully saturated rings. The van der Waals surface area contributed by atoms with Crippen LogP contribution in [0.5, 0.6) is 0 Å². The molecule has 1 heterocycles. The zero-order chi connectivity index (χ0) is 17.8. The molecule has 0 saturated heterocycles. The Balaban J connectivity index is 1.62. The summed E-state index contributed by atoms with van der Waals surface area (Å²) in [6, 6.07) is 11.4. The van der Waals surface area contributed by atoms with E-state index in [4.69, 9.17) is 0 Å². The summed E-state index contributed by atoms with van der Waals surface area (Å²) in [6.45, 7) is 0. The van der Waals surface area contributed by atoms with Gasteiger partial charge in [-0.25, -0.2) is 4.39 Å². The van der Waals surface area contributed by atoms with Crippen LogP contribution in [0.25, 0.3) is 0 Å². The SMILES string of the molecule is O=C1c2ccccc2C(=O)N1[C@H]1C[C@@](C(=O)O)(c2ccc(F)cc2)C1. The number of nitrogens with zero attached hydrogens (tertiary/aromatic N) is 1. The number of fused-ring (bicyclic) bond motifs is 1. The predicted molar refractivity (Wildman–Crippen MR) is 85.7 cm³/mol. The number of halogens is 1. The molecule has 126 valence electrons. The van der Waals surface area contributed by atoms with Crippen molar-refractivity contribution in [1.29, 1.82) is 0 Å². The topological polar surface area (TPSA) is 74.7 Å². The van der Waals surface area contributed by atoms with Crippen LogP contribution in [0.1, 0.15) is 39.1 Å². The van der Waals surface area contributed by atoms with Gasteiger partial charge in [0.2, 0.25) is 0 Å². The number of imide groups is 1. The van der Waals surface area contributed by atoms with E-state index in [1.807, 2.05) is 0 Å². The van der Waals surface area contributed by atoms with Gasteiger partial charge in [0.05, 0.1) is 16.5 Å². The molecule has 25 heavy (non-hydrogen) atoms. The summed E-state index contributed by atoms with van der Waals surface area (Å²) in [5, 5.41) is 9.69. The zero-order valence-corrected chi connectivity index (χ0v) is 13.1. The Morgan fingerprint density at radius 2 is 1.52 bits per heavy atom. The van der Waals surface area contributed by atoms with Gasteiger partial charge in [-0.05, 0) is 42.7 Å². The van der Waals surface area contributed by atoms with Crippen LogP contribution in [0.2, 0.25) is 0 Å². The van der Waals surface area contributed by atoms with Crippen molar-refractivity contribution in [3.63, 3.8) is 0 Å². The molecule has 1 saturated carbocycles. The van der Waals surface area contributed by atoms with Crippen molar-refractivity contribution in [1.82, 2.24) is 4.90 Å². The number of benzene rings is 2.